The van der Waals surface area contributed by atoms with E-state index in [2.05, 4.69) is 28.8 Å². The van der Waals surface area contributed by atoms with Crippen LogP contribution in [0.1, 0.15) is 45.3 Å². The number of fused-ring (bicyclic) bond motifs is 1. The van der Waals surface area contributed by atoms with Crippen LogP contribution >= 0.6 is 0 Å². The molecule has 96 valence electrons. The van der Waals surface area contributed by atoms with Crippen LogP contribution < -0.4 is 0 Å². The zero-order chi connectivity index (χ0) is 13.1. The van der Waals surface area contributed by atoms with Gasteiger partial charge < -0.3 is 5.11 Å². The lowest BCUT2D eigenvalue weighted by molar-refractivity contribution is 0.360. The van der Waals surface area contributed by atoms with E-state index >= 15 is 0 Å². The van der Waals surface area contributed by atoms with E-state index in [4.69, 9.17) is 0 Å². The van der Waals surface area contributed by atoms with Gasteiger partial charge in [0.25, 0.3) is 6.01 Å². The molecule has 0 fully saturated rings. The first-order chi connectivity index (χ1) is 8.71. The van der Waals surface area contributed by atoms with Crippen LogP contribution in [0.15, 0.2) is 12.3 Å². The van der Waals surface area contributed by atoms with Crippen molar-refractivity contribution in [1.29, 1.82) is 0 Å². The lowest BCUT2D eigenvalue weighted by atomic mass is 10.2. The summed E-state index contributed by atoms with van der Waals surface area (Å²) in [5.74, 6) is 0. The largest absolute Gasteiger partial charge is 0.480 e. The molecule has 0 unspecified atom stereocenters. The van der Waals surface area contributed by atoms with Crippen molar-refractivity contribution in [3.05, 3.63) is 18.0 Å². The van der Waals surface area contributed by atoms with Gasteiger partial charge in [0, 0.05) is 6.04 Å². The van der Waals surface area contributed by atoms with Crippen LogP contribution in [0.3, 0.4) is 0 Å². The van der Waals surface area contributed by atoms with Gasteiger partial charge in [0.1, 0.15) is 0 Å². The highest BCUT2D eigenvalue weighted by molar-refractivity contribution is 5.69. The molecule has 0 atom stereocenters. The summed E-state index contributed by atoms with van der Waals surface area (Å²) >= 11 is 0. The van der Waals surface area contributed by atoms with Gasteiger partial charge in [-0.15, -0.1) is 0 Å². The Kier molecular flexibility index (Phi) is 3.60. The Hall–Kier alpha value is -1.91. The SMILES string of the molecule is C/C=C\c1cnc2nc(O)n(C(CC)CC)c2n1. The van der Waals surface area contributed by atoms with E-state index in [1.165, 1.54) is 0 Å². The number of hydrogen-bond acceptors (Lipinski definition) is 4. The third kappa shape index (κ3) is 2.08. The van der Waals surface area contributed by atoms with Crippen molar-refractivity contribution in [2.45, 2.75) is 39.7 Å². The van der Waals surface area contributed by atoms with Crippen LogP contribution in [0.25, 0.3) is 17.4 Å². The predicted octanol–water partition coefficient (Wildman–Crippen LogP) is 2.93. The summed E-state index contributed by atoms with van der Waals surface area (Å²) in [7, 11) is 0. The molecule has 0 aliphatic heterocycles. The van der Waals surface area contributed by atoms with E-state index < -0.39 is 0 Å². The lowest BCUT2D eigenvalue weighted by Gasteiger charge is -2.15. The molecule has 0 saturated carbocycles. The van der Waals surface area contributed by atoms with E-state index in [-0.39, 0.29) is 12.1 Å². The summed E-state index contributed by atoms with van der Waals surface area (Å²) in [6, 6.07) is 0.196. The Balaban J connectivity index is 2.63. The molecule has 0 radical (unpaired) electrons. The maximum atomic E-state index is 9.94. The second-order valence-corrected chi connectivity index (χ2v) is 4.19. The van der Waals surface area contributed by atoms with Gasteiger partial charge in [-0.1, -0.05) is 19.9 Å². The summed E-state index contributed by atoms with van der Waals surface area (Å²) in [6.07, 6.45) is 7.30. The molecular weight excluding hydrogens is 228 g/mol. The van der Waals surface area contributed by atoms with Crippen LogP contribution in [0.2, 0.25) is 0 Å². The molecule has 0 spiro atoms. The van der Waals surface area contributed by atoms with Crippen LogP contribution in [0, 0.1) is 0 Å². The van der Waals surface area contributed by atoms with Gasteiger partial charge in [0.15, 0.2) is 5.65 Å². The first kappa shape index (κ1) is 12.5. The molecule has 0 aliphatic carbocycles. The number of rotatable bonds is 4. The molecular formula is C13H18N4O. The summed E-state index contributed by atoms with van der Waals surface area (Å²) in [5, 5.41) is 9.94. The second kappa shape index (κ2) is 5.16. The number of aromatic hydroxyl groups is 1. The summed E-state index contributed by atoms with van der Waals surface area (Å²) < 4.78 is 1.77. The van der Waals surface area contributed by atoms with Crippen molar-refractivity contribution in [1.82, 2.24) is 19.5 Å². The smallest absolute Gasteiger partial charge is 0.297 e. The summed E-state index contributed by atoms with van der Waals surface area (Å²) in [4.78, 5) is 12.8. The van der Waals surface area contributed by atoms with Crippen LogP contribution in [0.4, 0.5) is 0 Å². The topological polar surface area (TPSA) is 63.8 Å². The number of allylic oxidation sites excluding steroid dienone is 1. The normalized spacial score (nSPS) is 12.0. The molecule has 0 amide bonds. The van der Waals surface area contributed by atoms with E-state index in [9.17, 15) is 5.11 Å². The molecule has 5 heteroatoms. The Morgan fingerprint density at radius 2 is 2.06 bits per heavy atom. The first-order valence-corrected chi connectivity index (χ1v) is 6.27. The van der Waals surface area contributed by atoms with E-state index in [1.807, 2.05) is 19.1 Å². The number of nitrogens with zero attached hydrogens (tertiary/aromatic N) is 4. The van der Waals surface area contributed by atoms with Crippen molar-refractivity contribution in [2.75, 3.05) is 0 Å². The molecule has 2 aromatic rings. The average molecular weight is 246 g/mol. The molecule has 5 nitrogen and oxygen atoms in total. The lowest BCUT2D eigenvalue weighted by Crippen LogP contribution is -2.07. The van der Waals surface area contributed by atoms with Crippen molar-refractivity contribution < 1.29 is 5.11 Å². The van der Waals surface area contributed by atoms with E-state index in [0.717, 1.165) is 18.5 Å². The third-order valence-electron chi connectivity index (χ3n) is 3.05. The van der Waals surface area contributed by atoms with Gasteiger partial charge in [-0.25, -0.2) is 9.97 Å². The molecule has 0 aliphatic rings. The molecule has 18 heavy (non-hydrogen) atoms. The van der Waals surface area contributed by atoms with Gasteiger partial charge in [-0.05, 0) is 25.8 Å². The monoisotopic (exact) mass is 246 g/mol. The minimum Gasteiger partial charge on any atom is -0.480 e. The minimum atomic E-state index is -0.00340. The Morgan fingerprint density at radius 3 is 2.67 bits per heavy atom. The van der Waals surface area contributed by atoms with Crippen molar-refractivity contribution in [3.63, 3.8) is 0 Å². The zero-order valence-corrected chi connectivity index (χ0v) is 11.0. The zero-order valence-electron chi connectivity index (χ0n) is 11.0. The number of imidazole rings is 1. The average Bonchev–Trinajstić information content (AvgIpc) is 2.68. The van der Waals surface area contributed by atoms with E-state index in [1.54, 1.807) is 10.8 Å². The molecule has 0 saturated heterocycles. The predicted molar refractivity (Wildman–Crippen MR) is 71.3 cm³/mol. The van der Waals surface area contributed by atoms with E-state index in [0.29, 0.717) is 11.3 Å². The molecule has 2 aromatic heterocycles. The number of aromatic nitrogens is 4. The Morgan fingerprint density at radius 1 is 1.33 bits per heavy atom. The van der Waals surface area contributed by atoms with Crippen molar-refractivity contribution in [3.8, 4) is 6.01 Å². The highest BCUT2D eigenvalue weighted by atomic mass is 16.3. The van der Waals surface area contributed by atoms with Gasteiger partial charge in [0.2, 0.25) is 5.65 Å². The van der Waals surface area contributed by atoms with Crippen molar-refractivity contribution in [2.24, 2.45) is 0 Å². The third-order valence-corrected chi connectivity index (χ3v) is 3.05. The molecule has 0 aromatic carbocycles. The summed E-state index contributed by atoms with van der Waals surface area (Å²) in [6.45, 7) is 6.10. The van der Waals surface area contributed by atoms with Crippen LogP contribution in [0.5, 0.6) is 6.01 Å². The quantitative estimate of drug-likeness (QED) is 0.900. The highest BCUT2D eigenvalue weighted by Gasteiger charge is 2.18. The first-order valence-electron chi connectivity index (χ1n) is 6.27. The summed E-state index contributed by atoms with van der Waals surface area (Å²) in [5.41, 5.74) is 1.92. The molecule has 0 bridgehead atoms. The standard InChI is InChI=1S/C13H18N4O/c1-4-7-9-8-14-11-12(15-9)17(13(18)16-11)10(5-2)6-3/h4,7-8,10H,5-6H2,1-3H3,(H,14,16,18)/b7-4-. The highest BCUT2D eigenvalue weighted by Crippen LogP contribution is 2.26. The fourth-order valence-electron chi connectivity index (χ4n) is 2.11. The fraction of sp³-hybridized carbons (Fsp3) is 0.462. The molecule has 1 N–H and O–H groups in total. The van der Waals surface area contributed by atoms with Crippen LogP contribution in [-0.4, -0.2) is 24.6 Å². The van der Waals surface area contributed by atoms with Crippen molar-refractivity contribution >= 4 is 17.4 Å². The maximum absolute atomic E-state index is 9.94. The van der Waals surface area contributed by atoms with Gasteiger partial charge in [-0.2, -0.15) is 4.98 Å². The number of hydrogen-bond donors (Lipinski definition) is 1. The minimum absolute atomic E-state index is 0.00340. The van der Waals surface area contributed by atoms with Crippen LogP contribution in [-0.2, 0) is 0 Å². The van der Waals surface area contributed by atoms with Gasteiger partial charge in [-0.3, -0.25) is 4.57 Å². The van der Waals surface area contributed by atoms with Gasteiger partial charge in [0.05, 0.1) is 11.9 Å². The molecule has 2 rings (SSSR count). The fourth-order valence-corrected chi connectivity index (χ4v) is 2.11. The maximum Gasteiger partial charge on any atom is 0.297 e. The Labute approximate surface area is 106 Å². The second-order valence-electron chi connectivity index (χ2n) is 4.19. The van der Waals surface area contributed by atoms with Gasteiger partial charge >= 0.3 is 0 Å². The molecule has 2 heterocycles. The Bertz CT molecular complexity index is 570.